The maximum absolute atomic E-state index is 13.4. The van der Waals surface area contributed by atoms with E-state index in [1.165, 1.54) is 7.11 Å². The zero-order valence-corrected chi connectivity index (χ0v) is 13.1. The molecule has 0 radical (unpaired) electrons. The van der Waals surface area contributed by atoms with Gasteiger partial charge in [-0.1, -0.05) is 0 Å². The van der Waals surface area contributed by atoms with Crippen LogP contribution in [0.5, 0.6) is 17.2 Å². The fourth-order valence-corrected chi connectivity index (χ4v) is 3.16. The number of nitrogens with zero attached hydrogens (tertiary/aromatic N) is 1. The lowest BCUT2D eigenvalue weighted by Crippen LogP contribution is -2.41. The highest BCUT2D eigenvalue weighted by Gasteiger charge is 2.55. The van der Waals surface area contributed by atoms with Gasteiger partial charge >= 0.3 is 6.18 Å². The third-order valence-electron chi connectivity index (χ3n) is 4.40. The third-order valence-corrected chi connectivity index (χ3v) is 4.40. The molecule has 23 heavy (non-hydrogen) atoms. The zero-order chi connectivity index (χ0) is 17.0. The van der Waals surface area contributed by atoms with Crippen LogP contribution < -0.4 is 14.2 Å². The van der Waals surface area contributed by atoms with E-state index in [-0.39, 0.29) is 23.9 Å². The van der Waals surface area contributed by atoms with Crippen molar-refractivity contribution in [3.05, 3.63) is 16.7 Å². The van der Waals surface area contributed by atoms with E-state index >= 15 is 0 Å². The van der Waals surface area contributed by atoms with Crippen molar-refractivity contribution < 1.29 is 32.5 Å². The molecule has 1 N–H and O–H groups in total. The summed E-state index contributed by atoms with van der Waals surface area (Å²) < 4.78 is 56.2. The predicted molar refractivity (Wildman–Crippen MR) is 74.8 cm³/mol. The van der Waals surface area contributed by atoms with E-state index in [2.05, 4.69) is 0 Å². The number of fused-ring (bicyclic) bond motifs is 2. The van der Waals surface area contributed by atoms with Gasteiger partial charge in [-0.2, -0.15) is 13.2 Å². The van der Waals surface area contributed by atoms with Crippen molar-refractivity contribution in [2.45, 2.75) is 31.7 Å². The summed E-state index contributed by atoms with van der Waals surface area (Å²) in [5.41, 5.74) is -2.27. The molecule has 128 valence electrons. The molecule has 3 rings (SSSR count). The van der Waals surface area contributed by atoms with Crippen molar-refractivity contribution in [1.82, 2.24) is 4.90 Å². The fraction of sp³-hybridized carbons (Fsp3) is 0.600. The second-order valence-corrected chi connectivity index (χ2v) is 5.99. The van der Waals surface area contributed by atoms with Crippen LogP contribution in [0.2, 0.25) is 0 Å². The van der Waals surface area contributed by atoms with E-state index in [9.17, 15) is 18.3 Å². The van der Waals surface area contributed by atoms with Crippen LogP contribution in [-0.2, 0) is 18.6 Å². The van der Waals surface area contributed by atoms with Gasteiger partial charge < -0.3 is 24.2 Å². The van der Waals surface area contributed by atoms with Crippen molar-refractivity contribution in [2.24, 2.45) is 0 Å². The molecule has 0 saturated heterocycles. The molecule has 2 aliphatic rings. The van der Waals surface area contributed by atoms with Crippen molar-refractivity contribution in [2.75, 3.05) is 27.5 Å². The minimum Gasteiger partial charge on any atom is -0.492 e. The number of methoxy groups -OCH3 is 1. The number of hydrogen-bond acceptors (Lipinski definition) is 5. The summed E-state index contributed by atoms with van der Waals surface area (Å²) in [6.07, 6.45) is -4.47. The van der Waals surface area contributed by atoms with E-state index in [1.807, 2.05) is 11.9 Å². The smallest absolute Gasteiger partial charge is 0.421 e. The summed E-state index contributed by atoms with van der Waals surface area (Å²) in [4.78, 5) is 1.97. The molecule has 0 amide bonds. The molecule has 5 nitrogen and oxygen atoms in total. The second-order valence-electron chi connectivity index (χ2n) is 5.99. The van der Waals surface area contributed by atoms with E-state index in [0.29, 0.717) is 36.4 Å². The highest BCUT2D eigenvalue weighted by atomic mass is 19.4. The van der Waals surface area contributed by atoms with Crippen LogP contribution in [0.4, 0.5) is 13.2 Å². The number of halogens is 3. The Balaban J connectivity index is 2.33. The van der Waals surface area contributed by atoms with Crippen molar-refractivity contribution >= 4 is 0 Å². The first-order chi connectivity index (χ1) is 10.7. The monoisotopic (exact) mass is 333 g/mol. The molecule has 0 aliphatic carbocycles. The van der Waals surface area contributed by atoms with Crippen LogP contribution in [0.1, 0.15) is 23.6 Å². The van der Waals surface area contributed by atoms with E-state index in [4.69, 9.17) is 14.2 Å². The van der Waals surface area contributed by atoms with Gasteiger partial charge in [-0.25, -0.2) is 0 Å². The summed E-state index contributed by atoms with van der Waals surface area (Å²) in [6.45, 7) is 1.54. The van der Waals surface area contributed by atoms with Gasteiger partial charge in [0.1, 0.15) is 0 Å². The average Bonchev–Trinajstić information content (AvgIpc) is 2.91. The van der Waals surface area contributed by atoms with Crippen LogP contribution in [0.15, 0.2) is 0 Å². The van der Waals surface area contributed by atoms with Gasteiger partial charge in [0.05, 0.1) is 7.11 Å². The molecular weight excluding hydrogens is 315 g/mol. The Morgan fingerprint density at radius 3 is 2.43 bits per heavy atom. The fourth-order valence-electron chi connectivity index (χ4n) is 3.16. The quantitative estimate of drug-likeness (QED) is 0.899. The molecule has 8 heteroatoms. The summed E-state index contributed by atoms with van der Waals surface area (Å²) in [5.74, 6) is 0.425. The molecule has 1 atom stereocenters. The number of ether oxygens (including phenoxy) is 3. The normalized spacial score (nSPS) is 20.1. The van der Waals surface area contributed by atoms with E-state index < -0.39 is 11.8 Å². The number of benzene rings is 1. The number of aliphatic hydroxyl groups is 1. The molecule has 0 fully saturated rings. The Hall–Kier alpha value is -1.67. The number of rotatable bonds is 2. The van der Waals surface area contributed by atoms with Crippen molar-refractivity contribution in [3.8, 4) is 17.2 Å². The van der Waals surface area contributed by atoms with Crippen LogP contribution in [0.25, 0.3) is 0 Å². The van der Waals surface area contributed by atoms with Crippen LogP contribution in [0.3, 0.4) is 0 Å². The second kappa shape index (κ2) is 5.17. The lowest BCUT2D eigenvalue weighted by molar-refractivity contribution is -0.259. The van der Waals surface area contributed by atoms with E-state index in [1.54, 1.807) is 0 Å². The third kappa shape index (κ3) is 2.31. The lowest BCUT2D eigenvalue weighted by Gasteiger charge is -2.35. The maximum Gasteiger partial charge on any atom is 0.421 e. The molecular formula is C15H18F3NO4. The summed E-state index contributed by atoms with van der Waals surface area (Å²) in [6, 6.07) is 0. The minimum absolute atomic E-state index is 0.0764. The highest BCUT2D eigenvalue weighted by Crippen LogP contribution is 2.55. The largest absolute Gasteiger partial charge is 0.492 e. The molecule has 0 bridgehead atoms. The first kappa shape index (κ1) is 16.2. The maximum atomic E-state index is 13.4. The lowest BCUT2D eigenvalue weighted by atomic mass is 9.83. The van der Waals surface area contributed by atoms with Gasteiger partial charge in [0.15, 0.2) is 17.1 Å². The molecule has 1 aromatic rings. The number of alkyl halides is 3. The van der Waals surface area contributed by atoms with Gasteiger partial charge in [-0.3, -0.25) is 0 Å². The SMILES string of the molecule is COc1c2c(c([C@](C)(O)C(F)(F)F)c3c1OCO3)CCN(C)C2. The summed E-state index contributed by atoms with van der Waals surface area (Å²) in [7, 11) is 3.31. The van der Waals surface area contributed by atoms with Gasteiger partial charge in [-0.15, -0.1) is 0 Å². The van der Waals surface area contributed by atoms with E-state index in [0.717, 1.165) is 6.92 Å². The topological polar surface area (TPSA) is 51.2 Å². The van der Waals surface area contributed by atoms with Gasteiger partial charge in [0.25, 0.3) is 0 Å². The standard InChI is InChI=1S/C15H18F3NO4/c1-14(20,15(16,17)18)10-8-4-5-19(2)6-9(8)11(21-3)13-12(10)22-7-23-13/h20H,4-7H2,1-3H3/t14-/m0/s1. The summed E-state index contributed by atoms with van der Waals surface area (Å²) >= 11 is 0. The molecule has 1 aromatic carbocycles. The average molecular weight is 333 g/mol. The molecule has 0 saturated carbocycles. The summed E-state index contributed by atoms with van der Waals surface area (Å²) in [5, 5.41) is 10.3. The van der Waals surface area contributed by atoms with Crippen molar-refractivity contribution in [1.29, 1.82) is 0 Å². The number of hydrogen-bond donors (Lipinski definition) is 1. The first-order valence-corrected chi connectivity index (χ1v) is 7.18. The molecule has 2 heterocycles. The Morgan fingerprint density at radius 2 is 1.83 bits per heavy atom. The Kier molecular flexibility index (Phi) is 3.64. The van der Waals surface area contributed by atoms with Crippen LogP contribution in [0, 0.1) is 0 Å². The Morgan fingerprint density at radius 1 is 1.17 bits per heavy atom. The van der Waals surface area contributed by atoms with Crippen LogP contribution >= 0.6 is 0 Å². The van der Waals surface area contributed by atoms with Crippen molar-refractivity contribution in [3.63, 3.8) is 0 Å². The molecule has 0 spiro atoms. The van der Waals surface area contributed by atoms with Crippen LogP contribution in [-0.4, -0.2) is 43.7 Å². The van der Waals surface area contributed by atoms with Gasteiger partial charge in [-0.05, 0) is 26.0 Å². The minimum atomic E-state index is -4.83. The highest BCUT2D eigenvalue weighted by molar-refractivity contribution is 5.67. The molecule has 0 aromatic heterocycles. The Bertz CT molecular complexity index is 643. The van der Waals surface area contributed by atoms with Gasteiger partial charge in [0.2, 0.25) is 12.5 Å². The molecule has 2 aliphatic heterocycles. The Labute approximate surface area is 131 Å². The predicted octanol–water partition coefficient (Wildman–Crippen LogP) is 2.18. The number of likely N-dealkylation sites (N-methyl/N-ethyl adjacent to an activating group) is 1. The van der Waals surface area contributed by atoms with Gasteiger partial charge in [0, 0.05) is 24.2 Å². The molecule has 0 unspecified atom stereocenters. The first-order valence-electron chi connectivity index (χ1n) is 7.18. The zero-order valence-electron chi connectivity index (χ0n) is 13.1.